The number of likely N-dealkylation sites (tertiary alicyclic amines) is 1. The number of ether oxygens (including phenoxy) is 1. The smallest absolute Gasteiger partial charge is 0.321 e. The van der Waals surface area contributed by atoms with E-state index in [0.717, 1.165) is 31.1 Å². The molecule has 1 heterocycles. The molecule has 1 aliphatic rings. The molecule has 1 saturated heterocycles. The molecule has 0 aliphatic carbocycles. The lowest BCUT2D eigenvalue weighted by Gasteiger charge is -2.27. The Labute approximate surface area is 161 Å². The van der Waals surface area contributed by atoms with E-state index in [2.05, 4.69) is 16.3 Å². The van der Waals surface area contributed by atoms with Crippen molar-refractivity contribution in [2.75, 3.05) is 38.6 Å². The highest BCUT2D eigenvalue weighted by molar-refractivity contribution is 5.90. The van der Waals surface area contributed by atoms with Crippen molar-refractivity contribution in [2.24, 2.45) is 0 Å². The van der Waals surface area contributed by atoms with E-state index in [4.69, 9.17) is 4.74 Å². The van der Waals surface area contributed by atoms with Gasteiger partial charge in [0.2, 0.25) is 0 Å². The maximum Gasteiger partial charge on any atom is 0.321 e. The van der Waals surface area contributed by atoms with E-state index in [1.165, 1.54) is 24.8 Å². The molecule has 1 fully saturated rings. The van der Waals surface area contributed by atoms with Gasteiger partial charge in [0.1, 0.15) is 12.4 Å². The fourth-order valence-electron chi connectivity index (χ4n) is 3.27. The van der Waals surface area contributed by atoms with E-state index in [1.807, 2.05) is 48.5 Å². The largest absolute Gasteiger partial charge is 0.492 e. The van der Waals surface area contributed by atoms with Crippen molar-refractivity contribution in [3.05, 3.63) is 60.2 Å². The first-order chi connectivity index (χ1) is 13.2. The molecule has 2 amide bonds. The predicted octanol–water partition coefficient (Wildman–Crippen LogP) is 4.22. The molecule has 3 rings (SSSR count). The summed E-state index contributed by atoms with van der Waals surface area (Å²) >= 11 is 0. The molecule has 0 spiro atoms. The van der Waals surface area contributed by atoms with E-state index in [9.17, 15) is 4.79 Å². The lowest BCUT2D eigenvalue weighted by atomic mass is 10.1. The Hall–Kier alpha value is -2.53. The highest BCUT2D eigenvalue weighted by atomic mass is 16.5. The number of benzene rings is 2. The van der Waals surface area contributed by atoms with Crippen LogP contribution in [-0.4, -0.2) is 49.1 Å². The Kier molecular flexibility index (Phi) is 7.11. The van der Waals surface area contributed by atoms with E-state index >= 15 is 0 Å². The highest BCUT2D eigenvalue weighted by Crippen LogP contribution is 2.20. The molecule has 0 atom stereocenters. The number of carbonyl (C=O) groups is 1. The SMILES string of the molecule is CN(CCOc1ccccc1)C(=O)Nc1ccccc1CN1CCCCC1. The molecule has 0 radical (unpaired) electrons. The van der Waals surface area contributed by atoms with Crippen molar-refractivity contribution >= 4 is 11.7 Å². The van der Waals surface area contributed by atoms with Crippen molar-refractivity contribution in [1.82, 2.24) is 9.80 Å². The molecular weight excluding hydrogens is 338 g/mol. The zero-order valence-electron chi connectivity index (χ0n) is 16.1. The Balaban J connectivity index is 1.50. The van der Waals surface area contributed by atoms with Gasteiger partial charge in [-0.15, -0.1) is 0 Å². The number of nitrogens with one attached hydrogen (secondary N) is 1. The lowest BCUT2D eigenvalue weighted by molar-refractivity contribution is 0.207. The monoisotopic (exact) mass is 367 g/mol. The average Bonchev–Trinajstić information content (AvgIpc) is 2.71. The minimum Gasteiger partial charge on any atom is -0.492 e. The number of amides is 2. The summed E-state index contributed by atoms with van der Waals surface area (Å²) in [6.45, 7) is 4.15. The van der Waals surface area contributed by atoms with Gasteiger partial charge in [-0.25, -0.2) is 4.79 Å². The molecule has 0 bridgehead atoms. The Morgan fingerprint density at radius 2 is 1.74 bits per heavy atom. The van der Waals surface area contributed by atoms with Crippen LogP contribution in [0.15, 0.2) is 54.6 Å². The maximum absolute atomic E-state index is 12.5. The molecule has 0 saturated carbocycles. The van der Waals surface area contributed by atoms with Crippen LogP contribution in [0.1, 0.15) is 24.8 Å². The molecule has 1 aliphatic heterocycles. The Morgan fingerprint density at radius 1 is 1.04 bits per heavy atom. The number of rotatable bonds is 7. The van der Waals surface area contributed by atoms with Gasteiger partial charge in [0.15, 0.2) is 0 Å². The van der Waals surface area contributed by atoms with Crippen molar-refractivity contribution in [1.29, 1.82) is 0 Å². The molecule has 27 heavy (non-hydrogen) atoms. The van der Waals surface area contributed by atoms with Crippen LogP contribution in [0.5, 0.6) is 5.75 Å². The predicted molar refractivity (Wildman–Crippen MR) is 109 cm³/mol. The topological polar surface area (TPSA) is 44.8 Å². The van der Waals surface area contributed by atoms with E-state index in [-0.39, 0.29) is 6.03 Å². The van der Waals surface area contributed by atoms with Gasteiger partial charge in [-0.2, -0.15) is 0 Å². The Morgan fingerprint density at radius 3 is 2.52 bits per heavy atom. The first-order valence-corrected chi connectivity index (χ1v) is 9.72. The highest BCUT2D eigenvalue weighted by Gasteiger charge is 2.15. The van der Waals surface area contributed by atoms with Crippen molar-refractivity contribution in [3.8, 4) is 5.75 Å². The summed E-state index contributed by atoms with van der Waals surface area (Å²) in [5.74, 6) is 0.818. The van der Waals surface area contributed by atoms with Crippen LogP contribution in [0.4, 0.5) is 10.5 Å². The number of nitrogens with zero attached hydrogens (tertiary/aromatic N) is 2. The van der Waals surface area contributed by atoms with Gasteiger partial charge in [-0.05, 0) is 49.7 Å². The molecule has 1 N–H and O–H groups in total. The number of urea groups is 1. The van der Waals surface area contributed by atoms with Gasteiger partial charge >= 0.3 is 6.03 Å². The fourth-order valence-corrected chi connectivity index (χ4v) is 3.27. The molecule has 0 unspecified atom stereocenters. The van der Waals surface area contributed by atoms with Gasteiger partial charge in [0.05, 0.1) is 6.54 Å². The fraction of sp³-hybridized carbons (Fsp3) is 0.409. The molecule has 144 valence electrons. The van der Waals surface area contributed by atoms with E-state index < -0.39 is 0 Å². The van der Waals surface area contributed by atoms with Crippen LogP contribution in [-0.2, 0) is 6.54 Å². The summed E-state index contributed by atoms with van der Waals surface area (Å²) in [7, 11) is 1.79. The van der Waals surface area contributed by atoms with Gasteiger partial charge in [0.25, 0.3) is 0 Å². The minimum atomic E-state index is -0.113. The third kappa shape index (κ3) is 6.00. The Bertz CT molecular complexity index is 715. The standard InChI is InChI=1S/C22H29N3O2/c1-24(16-17-27-20-11-4-2-5-12-20)22(26)23-21-13-7-6-10-19(21)18-25-14-8-3-9-15-25/h2,4-7,10-13H,3,8-9,14-18H2,1H3,(H,23,26). The molecule has 5 nitrogen and oxygen atoms in total. The minimum absolute atomic E-state index is 0.113. The van der Waals surface area contributed by atoms with Crippen LogP contribution in [0.3, 0.4) is 0 Å². The van der Waals surface area contributed by atoms with Crippen molar-refractivity contribution in [3.63, 3.8) is 0 Å². The summed E-state index contributed by atoms with van der Waals surface area (Å²) in [6, 6.07) is 17.6. The van der Waals surface area contributed by atoms with E-state index in [0.29, 0.717) is 13.2 Å². The number of carbonyl (C=O) groups excluding carboxylic acids is 1. The molecule has 2 aromatic carbocycles. The van der Waals surface area contributed by atoms with Crippen molar-refractivity contribution < 1.29 is 9.53 Å². The molecular formula is C22H29N3O2. The average molecular weight is 367 g/mol. The number of anilines is 1. The number of piperidine rings is 1. The zero-order chi connectivity index (χ0) is 18.9. The normalized spacial score (nSPS) is 14.6. The third-order valence-electron chi connectivity index (χ3n) is 4.89. The second-order valence-electron chi connectivity index (χ2n) is 7.01. The molecule has 5 heteroatoms. The van der Waals surface area contributed by atoms with Gasteiger partial charge < -0.3 is 15.0 Å². The van der Waals surface area contributed by atoms with Crippen LogP contribution in [0.2, 0.25) is 0 Å². The summed E-state index contributed by atoms with van der Waals surface area (Å²) in [6.07, 6.45) is 3.85. The summed E-state index contributed by atoms with van der Waals surface area (Å²) in [4.78, 5) is 16.7. The van der Waals surface area contributed by atoms with E-state index in [1.54, 1.807) is 11.9 Å². The summed E-state index contributed by atoms with van der Waals surface area (Å²) in [5.41, 5.74) is 2.06. The number of hydrogen-bond acceptors (Lipinski definition) is 3. The quantitative estimate of drug-likeness (QED) is 0.797. The van der Waals surface area contributed by atoms with Crippen LogP contribution >= 0.6 is 0 Å². The summed E-state index contributed by atoms with van der Waals surface area (Å²) < 4.78 is 5.67. The lowest BCUT2D eigenvalue weighted by Crippen LogP contribution is -2.35. The molecule has 0 aromatic heterocycles. The number of para-hydroxylation sites is 2. The van der Waals surface area contributed by atoms with Crippen molar-refractivity contribution in [2.45, 2.75) is 25.8 Å². The molecule has 2 aromatic rings. The van der Waals surface area contributed by atoms with Crippen LogP contribution in [0.25, 0.3) is 0 Å². The second kappa shape index (κ2) is 9.97. The number of hydrogen-bond donors (Lipinski definition) is 1. The van der Waals surface area contributed by atoms with Gasteiger partial charge in [0, 0.05) is 19.3 Å². The number of likely N-dealkylation sites (N-methyl/N-ethyl adjacent to an activating group) is 1. The first kappa shape index (κ1) is 19.2. The second-order valence-corrected chi connectivity index (χ2v) is 7.01. The first-order valence-electron chi connectivity index (χ1n) is 9.72. The van der Waals surface area contributed by atoms with Gasteiger partial charge in [-0.1, -0.05) is 42.8 Å². The van der Waals surface area contributed by atoms with Crippen LogP contribution < -0.4 is 10.1 Å². The maximum atomic E-state index is 12.5. The zero-order valence-corrected chi connectivity index (χ0v) is 16.1. The van der Waals surface area contributed by atoms with Gasteiger partial charge in [-0.3, -0.25) is 4.90 Å². The third-order valence-corrected chi connectivity index (χ3v) is 4.89. The summed E-state index contributed by atoms with van der Waals surface area (Å²) in [5, 5.41) is 3.05. The van der Waals surface area contributed by atoms with Crippen LogP contribution in [0, 0.1) is 0 Å².